The van der Waals surface area contributed by atoms with Crippen molar-refractivity contribution in [3.05, 3.63) is 28.2 Å². The smallest absolute Gasteiger partial charge is 0.321 e. The number of hydrogen-bond acceptors (Lipinski definition) is 2. The third-order valence-electron chi connectivity index (χ3n) is 5.82. The topological polar surface area (TPSA) is 35.6 Å². The summed E-state index contributed by atoms with van der Waals surface area (Å²) in [5.74, 6) is 0.725. The molecule has 2 fully saturated rings. The molecule has 1 saturated carbocycles. The Morgan fingerprint density at radius 1 is 1.12 bits per heavy atom. The molecule has 1 aliphatic heterocycles. The Kier molecular flexibility index (Phi) is 7.07. The summed E-state index contributed by atoms with van der Waals surface area (Å²) >= 11 is 12.0. The van der Waals surface area contributed by atoms with E-state index >= 15 is 0 Å². The molecular formula is C20H29Cl2N3O. The van der Waals surface area contributed by atoms with Crippen LogP contribution in [0.1, 0.15) is 44.9 Å². The fourth-order valence-corrected chi connectivity index (χ4v) is 4.72. The second-order valence-corrected chi connectivity index (χ2v) is 8.59. The van der Waals surface area contributed by atoms with Gasteiger partial charge in [0.05, 0.1) is 0 Å². The highest BCUT2D eigenvalue weighted by atomic mass is 35.5. The lowest BCUT2D eigenvalue weighted by atomic mass is 9.92. The van der Waals surface area contributed by atoms with E-state index in [4.69, 9.17) is 23.2 Å². The second-order valence-electron chi connectivity index (χ2n) is 7.72. The Labute approximate surface area is 166 Å². The van der Waals surface area contributed by atoms with Crippen molar-refractivity contribution in [3.63, 3.8) is 0 Å². The van der Waals surface area contributed by atoms with Crippen LogP contribution in [0, 0.1) is 5.92 Å². The minimum Gasteiger partial charge on any atom is -0.328 e. The summed E-state index contributed by atoms with van der Waals surface area (Å²) in [5.41, 5.74) is 0.629. The Balaban J connectivity index is 1.39. The number of benzene rings is 1. The lowest BCUT2D eigenvalue weighted by Crippen LogP contribution is -2.41. The number of halogens is 2. The van der Waals surface area contributed by atoms with Gasteiger partial charge < -0.3 is 15.1 Å². The summed E-state index contributed by atoms with van der Waals surface area (Å²) in [5, 5.41) is 3.90. The van der Waals surface area contributed by atoms with Gasteiger partial charge in [0.1, 0.15) is 0 Å². The van der Waals surface area contributed by atoms with Gasteiger partial charge in [-0.2, -0.15) is 0 Å². The number of likely N-dealkylation sites (tertiary alicyclic amines) is 1. The number of anilines is 1. The van der Waals surface area contributed by atoms with E-state index in [0.29, 0.717) is 15.7 Å². The van der Waals surface area contributed by atoms with Crippen LogP contribution < -0.4 is 5.32 Å². The van der Waals surface area contributed by atoms with Crippen molar-refractivity contribution in [1.29, 1.82) is 0 Å². The Hall–Kier alpha value is -0.970. The van der Waals surface area contributed by atoms with E-state index in [1.807, 2.05) is 7.05 Å². The van der Waals surface area contributed by atoms with Gasteiger partial charge in [-0.05, 0) is 69.3 Å². The van der Waals surface area contributed by atoms with Crippen molar-refractivity contribution in [2.75, 3.05) is 32.0 Å². The number of rotatable bonds is 5. The van der Waals surface area contributed by atoms with E-state index in [1.54, 1.807) is 23.1 Å². The van der Waals surface area contributed by atoms with Crippen molar-refractivity contribution in [2.24, 2.45) is 5.92 Å². The molecular weight excluding hydrogens is 369 g/mol. The van der Waals surface area contributed by atoms with Crippen LogP contribution in [0.25, 0.3) is 0 Å². The molecule has 144 valence electrons. The second kappa shape index (κ2) is 9.29. The molecule has 2 aliphatic rings. The van der Waals surface area contributed by atoms with Crippen molar-refractivity contribution in [1.82, 2.24) is 9.80 Å². The molecule has 26 heavy (non-hydrogen) atoms. The highest BCUT2D eigenvalue weighted by molar-refractivity contribution is 6.35. The first-order valence-electron chi connectivity index (χ1n) is 9.73. The average Bonchev–Trinajstić information content (AvgIpc) is 3.13. The highest BCUT2D eigenvalue weighted by Gasteiger charge is 2.27. The normalized spacial score (nSPS) is 19.7. The zero-order valence-corrected chi connectivity index (χ0v) is 17.0. The molecule has 2 amide bonds. The summed E-state index contributed by atoms with van der Waals surface area (Å²) in [7, 11) is 1.84. The van der Waals surface area contributed by atoms with E-state index in [-0.39, 0.29) is 6.03 Å². The van der Waals surface area contributed by atoms with Crippen molar-refractivity contribution < 1.29 is 4.79 Å². The molecule has 1 heterocycles. The van der Waals surface area contributed by atoms with Crippen LogP contribution in [0.3, 0.4) is 0 Å². The molecule has 6 heteroatoms. The van der Waals surface area contributed by atoms with Crippen LogP contribution in [-0.4, -0.2) is 48.6 Å². The first-order chi connectivity index (χ1) is 12.5. The molecule has 0 spiro atoms. The molecule has 1 aromatic rings. The van der Waals surface area contributed by atoms with E-state index in [0.717, 1.165) is 24.9 Å². The first kappa shape index (κ1) is 19.8. The molecule has 0 aromatic heterocycles. The third kappa shape index (κ3) is 5.51. The maximum absolute atomic E-state index is 12.4. The predicted molar refractivity (Wildman–Crippen MR) is 109 cm³/mol. The summed E-state index contributed by atoms with van der Waals surface area (Å²) in [6, 6.07) is 5.79. The van der Waals surface area contributed by atoms with Crippen molar-refractivity contribution in [2.45, 2.75) is 51.0 Å². The SMILES string of the molecule is CN(CCC1CCN(C2CCCC2)CC1)C(=O)Nc1cc(Cl)cc(Cl)c1. The lowest BCUT2D eigenvalue weighted by Gasteiger charge is -2.36. The maximum atomic E-state index is 12.4. The number of urea groups is 1. The molecule has 0 radical (unpaired) electrons. The molecule has 3 rings (SSSR count). The van der Waals surface area contributed by atoms with Crippen LogP contribution in [0.5, 0.6) is 0 Å². The lowest BCUT2D eigenvalue weighted by molar-refractivity contribution is 0.127. The zero-order valence-electron chi connectivity index (χ0n) is 15.5. The number of amides is 2. The molecule has 0 bridgehead atoms. The van der Waals surface area contributed by atoms with Gasteiger partial charge in [-0.1, -0.05) is 36.0 Å². The fraction of sp³-hybridized carbons (Fsp3) is 0.650. The minimum absolute atomic E-state index is 0.119. The Bertz CT molecular complexity index is 591. The van der Waals surface area contributed by atoms with Gasteiger partial charge in [0.25, 0.3) is 0 Å². The monoisotopic (exact) mass is 397 g/mol. The maximum Gasteiger partial charge on any atom is 0.321 e. The summed E-state index contributed by atoms with van der Waals surface area (Å²) in [4.78, 5) is 16.8. The predicted octanol–water partition coefficient (Wildman–Crippen LogP) is 5.50. The summed E-state index contributed by atoms with van der Waals surface area (Å²) in [6.45, 7) is 3.23. The Morgan fingerprint density at radius 2 is 1.73 bits per heavy atom. The standard InChI is InChI=1S/C20H29Cl2N3O/c1-24(20(26)23-18-13-16(21)12-17(22)14-18)9-6-15-7-10-25(11-8-15)19-4-2-3-5-19/h12-15,19H,2-11H2,1H3,(H,23,26). The largest absolute Gasteiger partial charge is 0.328 e. The molecule has 0 unspecified atom stereocenters. The van der Waals surface area contributed by atoms with Gasteiger partial charge in [0, 0.05) is 35.4 Å². The van der Waals surface area contributed by atoms with Gasteiger partial charge in [-0.25, -0.2) is 4.79 Å². The Morgan fingerprint density at radius 3 is 2.35 bits per heavy atom. The highest BCUT2D eigenvalue weighted by Crippen LogP contribution is 2.29. The van der Waals surface area contributed by atoms with Crippen molar-refractivity contribution >= 4 is 34.9 Å². The number of nitrogens with one attached hydrogen (secondary N) is 1. The molecule has 0 atom stereocenters. The summed E-state index contributed by atoms with van der Waals surface area (Å²) < 4.78 is 0. The number of carbonyl (C=O) groups excluding carboxylic acids is 1. The van der Waals surface area contributed by atoms with Crippen LogP contribution >= 0.6 is 23.2 Å². The van der Waals surface area contributed by atoms with E-state index in [1.165, 1.54) is 51.6 Å². The number of piperidine rings is 1. The van der Waals surface area contributed by atoms with E-state index in [9.17, 15) is 4.79 Å². The fourth-order valence-electron chi connectivity index (χ4n) is 4.20. The first-order valence-corrected chi connectivity index (χ1v) is 10.5. The van der Waals surface area contributed by atoms with Crippen molar-refractivity contribution in [3.8, 4) is 0 Å². The third-order valence-corrected chi connectivity index (χ3v) is 6.26. The average molecular weight is 398 g/mol. The van der Waals surface area contributed by atoms with Crippen LogP contribution in [-0.2, 0) is 0 Å². The van der Waals surface area contributed by atoms with Gasteiger partial charge >= 0.3 is 6.03 Å². The van der Waals surface area contributed by atoms with Crippen LogP contribution in [0.15, 0.2) is 18.2 Å². The quantitative estimate of drug-likeness (QED) is 0.711. The van der Waals surface area contributed by atoms with Gasteiger partial charge in [0.2, 0.25) is 0 Å². The molecule has 1 saturated heterocycles. The summed E-state index contributed by atoms with van der Waals surface area (Å²) in [6.07, 6.45) is 9.18. The molecule has 4 nitrogen and oxygen atoms in total. The van der Waals surface area contributed by atoms with Gasteiger partial charge in [-0.3, -0.25) is 0 Å². The molecule has 1 aliphatic carbocycles. The molecule has 1 N–H and O–H groups in total. The number of hydrogen-bond donors (Lipinski definition) is 1. The van der Waals surface area contributed by atoms with Gasteiger partial charge in [-0.15, -0.1) is 0 Å². The minimum atomic E-state index is -0.119. The van der Waals surface area contributed by atoms with Crippen LogP contribution in [0.2, 0.25) is 10.0 Å². The zero-order chi connectivity index (χ0) is 18.5. The number of nitrogens with zero attached hydrogens (tertiary/aromatic N) is 2. The van der Waals surface area contributed by atoms with Crippen LogP contribution in [0.4, 0.5) is 10.5 Å². The number of carbonyl (C=O) groups is 1. The van der Waals surface area contributed by atoms with E-state index < -0.39 is 0 Å². The van der Waals surface area contributed by atoms with Gasteiger partial charge in [0.15, 0.2) is 0 Å². The molecule has 1 aromatic carbocycles. The van der Waals surface area contributed by atoms with E-state index in [2.05, 4.69) is 10.2 Å².